The van der Waals surface area contributed by atoms with Gasteiger partial charge in [-0.15, -0.1) is 0 Å². The van der Waals surface area contributed by atoms with Crippen LogP contribution in [0.15, 0.2) is 49.1 Å². The van der Waals surface area contributed by atoms with Gasteiger partial charge in [0.05, 0.1) is 11.3 Å². The zero-order chi connectivity index (χ0) is 19.5. The van der Waals surface area contributed by atoms with Crippen LogP contribution in [0.2, 0.25) is 0 Å². The number of amides is 1. The van der Waals surface area contributed by atoms with Gasteiger partial charge in [0.1, 0.15) is 5.82 Å². The Kier molecular flexibility index (Phi) is 4.97. The highest BCUT2D eigenvalue weighted by Gasteiger charge is 2.28. The third-order valence-electron chi connectivity index (χ3n) is 5.07. The highest BCUT2D eigenvalue weighted by Crippen LogP contribution is 2.23. The number of pyridine rings is 2. The molecule has 1 saturated heterocycles. The number of aryl methyl sites for hydroxylation is 1. The van der Waals surface area contributed by atoms with Crippen LogP contribution in [0.3, 0.4) is 0 Å². The highest BCUT2D eigenvalue weighted by atomic mass is 16.2. The first-order valence-corrected chi connectivity index (χ1v) is 9.34. The Balaban J connectivity index is 1.44. The predicted molar refractivity (Wildman–Crippen MR) is 106 cm³/mol. The maximum Gasteiger partial charge on any atom is 0.257 e. The average molecular weight is 374 g/mol. The van der Waals surface area contributed by atoms with Crippen molar-refractivity contribution in [2.75, 3.05) is 18.8 Å². The zero-order valence-corrected chi connectivity index (χ0v) is 15.7. The molecule has 0 aromatic carbocycles. The van der Waals surface area contributed by atoms with Gasteiger partial charge in [-0.1, -0.05) is 6.07 Å². The van der Waals surface area contributed by atoms with Crippen LogP contribution in [0.25, 0.3) is 11.4 Å². The van der Waals surface area contributed by atoms with Gasteiger partial charge in [0, 0.05) is 43.4 Å². The molecule has 2 N–H and O–H groups in total. The van der Waals surface area contributed by atoms with Crippen LogP contribution in [-0.4, -0.2) is 43.8 Å². The fourth-order valence-electron chi connectivity index (χ4n) is 3.56. The number of anilines is 1. The average Bonchev–Trinajstić information content (AvgIpc) is 3.18. The lowest BCUT2D eigenvalue weighted by Crippen LogP contribution is -2.30. The fourth-order valence-corrected chi connectivity index (χ4v) is 3.56. The summed E-state index contributed by atoms with van der Waals surface area (Å²) in [6.45, 7) is 3.32. The molecule has 142 valence electrons. The smallest absolute Gasteiger partial charge is 0.257 e. The molecule has 4 rings (SSSR count). The Labute approximate surface area is 163 Å². The second-order valence-electron chi connectivity index (χ2n) is 7.14. The maximum absolute atomic E-state index is 13.0. The molecule has 4 heterocycles. The van der Waals surface area contributed by atoms with Gasteiger partial charge in [0.15, 0.2) is 5.82 Å². The van der Waals surface area contributed by atoms with Crippen molar-refractivity contribution in [3.63, 3.8) is 0 Å². The molecule has 3 aromatic heterocycles. The van der Waals surface area contributed by atoms with E-state index in [4.69, 9.17) is 5.73 Å². The summed E-state index contributed by atoms with van der Waals surface area (Å²) in [5, 5.41) is 0. The minimum Gasteiger partial charge on any atom is -0.384 e. The molecule has 0 radical (unpaired) electrons. The van der Waals surface area contributed by atoms with E-state index in [0.717, 1.165) is 37.1 Å². The number of nitrogens with zero attached hydrogens (tertiary/aromatic N) is 5. The second-order valence-corrected chi connectivity index (χ2v) is 7.14. The zero-order valence-electron chi connectivity index (χ0n) is 15.7. The Morgan fingerprint density at radius 3 is 2.82 bits per heavy atom. The molecule has 1 aliphatic rings. The normalized spacial score (nSPS) is 16.3. The van der Waals surface area contributed by atoms with E-state index in [1.54, 1.807) is 18.6 Å². The summed E-state index contributed by atoms with van der Waals surface area (Å²) in [6, 6.07) is 7.56. The Morgan fingerprint density at radius 2 is 2.11 bits per heavy atom. The molecular weight excluding hydrogens is 352 g/mol. The largest absolute Gasteiger partial charge is 0.384 e. The maximum atomic E-state index is 13.0. The predicted octanol–water partition coefficient (Wildman–Crippen LogP) is 2.53. The van der Waals surface area contributed by atoms with Crippen molar-refractivity contribution < 1.29 is 4.79 Å². The standard InChI is InChI=1S/C21H22N6O/c1-14-18(12-25-20(26-14)17-3-2-7-23-11-17)21(28)27-8-6-16(13-27)9-15-4-5-19(22)24-10-15/h2-5,7,10-12,16H,6,8-9,13H2,1H3,(H2,22,24). The second kappa shape index (κ2) is 7.72. The third kappa shape index (κ3) is 3.83. The van der Waals surface area contributed by atoms with Crippen molar-refractivity contribution in [1.29, 1.82) is 0 Å². The summed E-state index contributed by atoms with van der Waals surface area (Å²) >= 11 is 0. The quantitative estimate of drug-likeness (QED) is 0.753. The fraction of sp³-hybridized carbons (Fsp3) is 0.286. The van der Waals surface area contributed by atoms with Gasteiger partial charge in [-0.25, -0.2) is 15.0 Å². The summed E-state index contributed by atoms with van der Waals surface area (Å²) in [4.78, 5) is 32.0. The van der Waals surface area contributed by atoms with E-state index in [1.807, 2.05) is 42.3 Å². The lowest BCUT2D eigenvalue weighted by molar-refractivity contribution is 0.0785. The van der Waals surface area contributed by atoms with Crippen LogP contribution in [-0.2, 0) is 6.42 Å². The van der Waals surface area contributed by atoms with Gasteiger partial charge in [0.2, 0.25) is 0 Å². The molecule has 28 heavy (non-hydrogen) atoms. The molecular formula is C21H22N6O. The van der Waals surface area contributed by atoms with E-state index in [-0.39, 0.29) is 5.91 Å². The van der Waals surface area contributed by atoms with Crippen molar-refractivity contribution >= 4 is 11.7 Å². The van der Waals surface area contributed by atoms with Crippen LogP contribution in [0, 0.1) is 12.8 Å². The first-order chi connectivity index (χ1) is 13.6. The lowest BCUT2D eigenvalue weighted by atomic mass is 10.00. The van der Waals surface area contributed by atoms with Gasteiger partial charge >= 0.3 is 0 Å². The number of nitrogens with two attached hydrogens (primary N) is 1. The van der Waals surface area contributed by atoms with Crippen LogP contribution < -0.4 is 5.73 Å². The van der Waals surface area contributed by atoms with Crippen LogP contribution in [0.5, 0.6) is 0 Å². The molecule has 1 aliphatic heterocycles. The van der Waals surface area contributed by atoms with Gasteiger partial charge in [0.25, 0.3) is 5.91 Å². The molecule has 1 fully saturated rings. The van der Waals surface area contributed by atoms with Gasteiger partial charge < -0.3 is 10.6 Å². The number of hydrogen-bond acceptors (Lipinski definition) is 6. The Bertz CT molecular complexity index is 974. The van der Waals surface area contributed by atoms with Crippen molar-refractivity contribution in [3.05, 3.63) is 65.9 Å². The number of aromatic nitrogens is 4. The summed E-state index contributed by atoms with van der Waals surface area (Å²) < 4.78 is 0. The molecule has 0 spiro atoms. The minimum atomic E-state index is -0.00633. The molecule has 3 aromatic rings. The van der Waals surface area contributed by atoms with Crippen molar-refractivity contribution in [3.8, 4) is 11.4 Å². The summed E-state index contributed by atoms with van der Waals surface area (Å²) in [5.74, 6) is 1.52. The van der Waals surface area contributed by atoms with Crippen LogP contribution >= 0.6 is 0 Å². The number of carbonyl (C=O) groups excluding carboxylic acids is 1. The number of likely N-dealkylation sites (tertiary alicyclic amines) is 1. The van der Waals surface area contributed by atoms with E-state index in [2.05, 4.69) is 19.9 Å². The van der Waals surface area contributed by atoms with Gasteiger partial charge in [-0.3, -0.25) is 9.78 Å². The van der Waals surface area contributed by atoms with Crippen LogP contribution in [0.4, 0.5) is 5.82 Å². The highest BCUT2D eigenvalue weighted by molar-refractivity contribution is 5.95. The molecule has 0 aliphatic carbocycles. The van der Waals surface area contributed by atoms with Gasteiger partial charge in [-0.05, 0) is 49.4 Å². The molecule has 0 bridgehead atoms. The molecule has 1 atom stereocenters. The van der Waals surface area contributed by atoms with E-state index in [0.29, 0.717) is 28.8 Å². The summed E-state index contributed by atoms with van der Waals surface area (Å²) in [7, 11) is 0. The SMILES string of the molecule is Cc1nc(-c2cccnc2)ncc1C(=O)N1CCC(Cc2ccc(N)nc2)C1. The summed E-state index contributed by atoms with van der Waals surface area (Å²) in [6.07, 6.45) is 8.74. The molecule has 1 amide bonds. The minimum absolute atomic E-state index is 0.00633. The molecule has 7 nitrogen and oxygen atoms in total. The lowest BCUT2D eigenvalue weighted by Gasteiger charge is -2.17. The van der Waals surface area contributed by atoms with E-state index >= 15 is 0 Å². The van der Waals surface area contributed by atoms with Crippen molar-refractivity contribution in [2.24, 2.45) is 5.92 Å². The molecule has 1 unspecified atom stereocenters. The topological polar surface area (TPSA) is 97.9 Å². The van der Waals surface area contributed by atoms with Crippen LogP contribution in [0.1, 0.15) is 28.0 Å². The van der Waals surface area contributed by atoms with E-state index < -0.39 is 0 Å². The number of nitrogen functional groups attached to an aromatic ring is 1. The first kappa shape index (κ1) is 18.0. The first-order valence-electron chi connectivity index (χ1n) is 9.34. The van der Waals surface area contributed by atoms with Crippen molar-refractivity contribution in [1.82, 2.24) is 24.8 Å². The number of hydrogen-bond donors (Lipinski definition) is 1. The van der Waals surface area contributed by atoms with Crippen molar-refractivity contribution in [2.45, 2.75) is 19.8 Å². The third-order valence-corrected chi connectivity index (χ3v) is 5.07. The van der Waals surface area contributed by atoms with Gasteiger partial charge in [-0.2, -0.15) is 0 Å². The monoisotopic (exact) mass is 374 g/mol. The summed E-state index contributed by atoms with van der Waals surface area (Å²) in [5.41, 5.74) is 8.87. The van der Waals surface area contributed by atoms with E-state index in [9.17, 15) is 4.79 Å². The Hall–Kier alpha value is -3.35. The molecule has 7 heteroatoms. The molecule has 0 saturated carbocycles. The Morgan fingerprint density at radius 1 is 1.21 bits per heavy atom. The number of carbonyl (C=O) groups is 1. The van der Waals surface area contributed by atoms with E-state index in [1.165, 1.54) is 0 Å². The number of rotatable bonds is 4.